The predicted octanol–water partition coefficient (Wildman–Crippen LogP) is 4.62. The van der Waals surface area contributed by atoms with Crippen LogP contribution in [0.1, 0.15) is 28.6 Å². The lowest BCUT2D eigenvalue weighted by molar-refractivity contribution is 0.102. The minimum atomic E-state index is 0.0307. The smallest absolute Gasteiger partial charge is 0.0945 e. The molecule has 0 amide bonds. The van der Waals surface area contributed by atoms with E-state index in [0.29, 0.717) is 0 Å². The molecule has 1 heterocycles. The molecule has 3 aromatic rings. The van der Waals surface area contributed by atoms with Crippen molar-refractivity contribution in [2.75, 3.05) is 13.7 Å². The Morgan fingerprint density at radius 2 is 1.77 bits per heavy atom. The fraction of sp³-hybridized carbons (Fsp3) is 0.286. The van der Waals surface area contributed by atoms with Crippen LogP contribution in [-0.4, -0.2) is 23.4 Å². The van der Waals surface area contributed by atoms with Crippen molar-refractivity contribution in [3.8, 4) is 5.69 Å². The fourth-order valence-electron chi connectivity index (χ4n) is 3.10. The highest BCUT2D eigenvalue weighted by atomic mass is 35.5. The van der Waals surface area contributed by atoms with Gasteiger partial charge in [0, 0.05) is 36.5 Å². The van der Waals surface area contributed by atoms with E-state index in [1.165, 1.54) is 11.1 Å². The molecule has 0 spiro atoms. The van der Waals surface area contributed by atoms with Gasteiger partial charge in [0.15, 0.2) is 0 Å². The number of hydrogen-bond donors (Lipinski definition) is 1. The second-order valence-electron chi connectivity index (χ2n) is 6.30. The molecular formula is C21H24ClN3O. The molecule has 1 aromatic heterocycles. The second kappa shape index (κ2) is 8.49. The number of benzene rings is 2. The molecule has 1 atom stereocenters. The number of hydrogen-bond acceptors (Lipinski definition) is 3. The van der Waals surface area contributed by atoms with Crippen LogP contribution in [0.3, 0.4) is 0 Å². The zero-order valence-corrected chi connectivity index (χ0v) is 16.1. The molecule has 26 heavy (non-hydrogen) atoms. The van der Waals surface area contributed by atoms with Gasteiger partial charge in [0.2, 0.25) is 0 Å². The highest BCUT2D eigenvalue weighted by Crippen LogP contribution is 2.20. The first kappa shape index (κ1) is 18.6. The molecule has 0 bridgehead atoms. The Morgan fingerprint density at radius 3 is 2.42 bits per heavy atom. The maximum atomic E-state index is 5.99. The fourth-order valence-corrected chi connectivity index (χ4v) is 3.22. The SMILES string of the molecule is COC(CNCc1c(C)nn(-c2ccc(Cl)cc2)c1C)c1ccccc1. The van der Waals surface area contributed by atoms with E-state index in [1.807, 2.05) is 54.1 Å². The van der Waals surface area contributed by atoms with Gasteiger partial charge in [-0.2, -0.15) is 5.10 Å². The number of aryl methyl sites for hydroxylation is 1. The largest absolute Gasteiger partial charge is 0.375 e. The van der Waals surface area contributed by atoms with Gasteiger partial charge in [-0.1, -0.05) is 41.9 Å². The van der Waals surface area contributed by atoms with Crippen LogP contribution in [0.5, 0.6) is 0 Å². The Morgan fingerprint density at radius 1 is 1.08 bits per heavy atom. The van der Waals surface area contributed by atoms with Crippen LogP contribution < -0.4 is 5.32 Å². The van der Waals surface area contributed by atoms with E-state index in [0.717, 1.165) is 35.2 Å². The number of ether oxygens (including phenoxy) is 1. The Kier molecular flexibility index (Phi) is 6.09. The van der Waals surface area contributed by atoms with Crippen molar-refractivity contribution in [3.05, 3.63) is 82.1 Å². The van der Waals surface area contributed by atoms with Gasteiger partial charge >= 0.3 is 0 Å². The quantitative estimate of drug-likeness (QED) is 0.660. The summed E-state index contributed by atoms with van der Waals surface area (Å²) in [4.78, 5) is 0. The molecule has 3 rings (SSSR count). The van der Waals surface area contributed by atoms with Crippen LogP contribution in [0.2, 0.25) is 5.02 Å². The number of rotatable bonds is 7. The van der Waals surface area contributed by atoms with Gasteiger partial charge < -0.3 is 10.1 Å². The maximum Gasteiger partial charge on any atom is 0.0945 e. The topological polar surface area (TPSA) is 39.1 Å². The van der Waals surface area contributed by atoms with E-state index in [9.17, 15) is 0 Å². The van der Waals surface area contributed by atoms with E-state index in [-0.39, 0.29) is 6.10 Å². The predicted molar refractivity (Wildman–Crippen MR) is 106 cm³/mol. The summed E-state index contributed by atoms with van der Waals surface area (Å²) in [5, 5.41) is 8.92. The summed E-state index contributed by atoms with van der Waals surface area (Å²) in [5.41, 5.74) is 5.56. The van der Waals surface area contributed by atoms with Crippen LogP contribution in [0.15, 0.2) is 54.6 Å². The van der Waals surface area contributed by atoms with Gasteiger partial charge in [0.1, 0.15) is 0 Å². The molecule has 0 saturated heterocycles. The molecule has 0 aliphatic heterocycles. The van der Waals surface area contributed by atoms with Crippen molar-refractivity contribution in [2.24, 2.45) is 0 Å². The van der Waals surface area contributed by atoms with Crippen molar-refractivity contribution in [2.45, 2.75) is 26.5 Å². The molecular weight excluding hydrogens is 346 g/mol. The van der Waals surface area contributed by atoms with E-state index in [4.69, 9.17) is 16.3 Å². The highest BCUT2D eigenvalue weighted by Gasteiger charge is 2.14. The van der Waals surface area contributed by atoms with Crippen molar-refractivity contribution in [1.82, 2.24) is 15.1 Å². The lowest BCUT2D eigenvalue weighted by Crippen LogP contribution is -2.23. The average molecular weight is 370 g/mol. The maximum absolute atomic E-state index is 5.99. The van der Waals surface area contributed by atoms with Crippen molar-refractivity contribution < 1.29 is 4.74 Å². The number of halogens is 1. The molecule has 0 aliphatic carbocycles. The van der Waals surface area contributed by atoms with E-state index >= 15 is 0 Å². The molecule has 0 saturated carbocycles. The first-order valence-electron chi connectivity index (χ1n) is 8.69. The van der Waals surface area contributed by atoms with E-state index < -0.39 is 0 Å². The van der Waals surface area contributed by atoms with E-state index in [1.54, 1.807) is 7.11 Å². The monoisotopic (exact) mass is 369 g/mol. The van der Waals surface area contributed by atoms with Crippen molar-refractivity contribution in [3.63, 3.8) is 0 Å². The number of nitrogens with one attached hydrogen (secondary N) is 1. The molecule has 136 valence electrons. The van der Waals surface area contributed by atoms with Crippen molar-refractivity contribution in [1.29, 1.82) is 0 Å². The van der Waals surface area contributed by atoms with Crippen LogP contribution in [0.25, 0.3) is 5.69 Å². The second-order valence-corrected chi connectivity index (χ2v) is 6.74. The third kappa shape index (κ3) is 4.15. The first-order valence-corrected chi connectivity index (χ1v) is 9.07. The van der Waals surface area contributed by atoms with Crippen LogP contribution in [0, 0.1) is 13.8 Å². The van der Waals surface area contributed by atoms with Gasteiger partial charge in [-0.15, -0.1) is 0 Å². The molecule has 0 aliphatic rings. The molecule has 0 fully saturated rings. The summed E-state index contributed by atoms with van der Waals surface area (Å²) in [7, 11) is 1.74. The van der Waals surface area contributed by atoms with Crippen LogP contribution >= 0.6 is 11.6 Å². The molecule has 5 heteroatoms. The number of aromatic nitrogens is 2. The Hall–Kier alpha value is -2.14. The Balaban J connectivity index is 1.69. The molecule has 1 N–H and O–H groups in total. The molecule has 0 radical (unpaired) electrons. The van der Waals surface area contributed by atoms with Crippen LogP contribution in [-0.2, 0) is 11.3 Å². The highest BCUT2D eigenvalue weighted by molar-refractivity contribution is 6.30. The average Bonchev–Trinajstić information content (AvgIpc) is 2.94. The molecule has 4 nitrogen and oxygen atoms in total. The lowest BCUT2D eigenvalue weighted by atomic mass is 10.1. The summed E-state index contributed by atoms with van der Waals surface area (Å²) in [6, 6.07) is 18.0. The minimum absolute atomic E-state index is 0.0307. The number of methoxy groups -OCH3 is 1. The normalized spacial score (nSPS) is 12.3. The summed E-state index contributed by atoms with van der Waals surface area (Å²) < 4.78 is 7.59. The van der Waals surface area contributed by atoms with Gasteiger partial charge in [0.05, 0.1) is 17.5 Å². The van der Waals surface area contributed by atoms with Gasteiger partial charge in [-0.3, -0.25) is 0 Å². The zero-order valence-electron chi connectivity index (χ0n) is 15.4. The van der Waals surface area contributed by atoms with Gasteiger partial charge in [-0.05, 0) is 43.7 Å². The van der Waals surface area contributed by atoms with Gasteiger partial charge in [0.25, 0.3) is 0 Å². The first-order chi connectivity index (χ1) is 12.6. The van der Waals surface area contributed by atoms with E-state index in [2.05, 4.69) is 29.5 Å². The Labute approximate surface area is 159 Å². The van der Waals surface area contributed by atoms with Crippen LogP contribution in [0.4, 0.5) is 0 Å². The Bertz CT molecular complexity index is 844. The summed E-state index contributed by atoms with van der Waals surface area (Å²) in [5.74, 6) is 0. The standard InChI is InChI=1S/C21H24ClN3O/c1-15-20(13-23-14-21(26-3)17-7-5-4-6-8-17)16(2)25(24-15)19-11-9-18(22)10-12-19/h4-12,21,23H,13-14H2,1-3H3. The third-order valence-corrected chi connectivity index (χ3v) is 4.85. The lowest BCUT2D eigenvalue weighted by Gasteiger charge is -2.16. The van der Waals surface area contributed by atoms with Gasteiger partial charge in [-0.25, -0.2) is 4.68 Å². The summed E-state index contributed by atoms with van der Waals surface area (Å²) in [6.45, 7) is 5.63. The third-order valence-electron chi connectivity index (χ3n) is 4.60. The minimum Gasteiger partial charge on any atom is -0.375 e. The summed E-state index contributed by atoms with van der Waals surface area (Å²) in [6.07, 6.45) is 0.0307. The molecule has 1 unspecified atom stereocenters. The molecule has 2 aromatic carbocycles. The number of nitrogens with zero attached hydrogens (tertiary/aromatic N) is 2. The van der Waals surface area contributed by atoms with Crippen molar-refractivity contribution >= 4 is 11.6 Å². The zero-order chi connectivity index (χ0) is 18.5. The summed E-state index contributed by atoms with van der Waals surface area (Å²) >= 11 is 5.99.